The van der Waals surface area contributed by atoms with Crippen LogP contribution < -0.4 is 0 Å². The van der Waals surface area contributed by atoms with Gasteiger partial charge in [-0.05, 0) is 42.7 Å². The summed E-state index contributed by atoms with van der Waals surface area (Å²) in [5, 5.41) is 0. The summed E-state index contributed by atoms with van der Waals surface area (Å²) in [6, 6.07) is 12.3. The van der Waals surface area contributed by atoms with Crippen molar-refractivity contribution in [2.75, 3.05) is 19.3 Å². The molecule has 1 N–H and O–H groups in total. The number of halogens is 1. The lowest BCUT2D eigenvalue weighted by Gasteiger charge is -2.31. The Morgan fingerprint density at radius 1 is 1.25 bits per heavy atom. The van der Waals surface area contributed by atoms with Gasteiger partial charge in [-0.2, -0.15) is 0 Å². The van der Waals surface area contributed by atoms with Crippen LogP contribution in [0.1, 0.15) is 40.5 Å². The third-order valence-corrected chi connectivity index (χ3v) is 5.93. The van der Waals surface area contributed by atoms with Gasteiger partial charge in [0.1, 0.15) is 11.3 Å². The number of likely N-dealkylation sites (tertiary alicyclic amines) is 1. The summed E-state index contributed by atoms with van der Waals surface area (Å²) in [5.41, 5.74) is 2.62. The maximum atomic E-state index is 13.9. The summed E-state index contributed by atoms with van der Waals surface area (Å²) in [5.74, 6) is 1.11. The Bertz CT molecular complexity index is 1040. The smallest absolute Gasteiger partial charge is 0.253 e. The predicted octanol–water partition coefficient (Wildman–Crippen LogP) is 3.60. The van der Waals surface area contributed by atoms with Crippen LogP contribution in [0, 0.1) is 5.82 Å². The minimum atomic E-state index is -0.939. The number of fused-ring (bicyclic) bond motifs is 1. The molecule has 1 aliphatic rings. The normalized spacial score (nSPS) is 16.4. The number of benzene rings is 2. The number of carbonyl (C=O) groups is 1. The Balaban J connectivity index is 1.44. The number of carbonyl (C=O) groups excluding carboxylic acids is 1. The minimum absolute atomic E-state index is 0.00200. The SMILES string of the molecule is CS(=O)Cc1cccc(C(=O)N2CCC(c3nc4c(F)cccc4[nH]3)CC2)c1. The summed E-state index contributed by atoms with van der Waals surface area (Å²) in [6.07, 6.45) is 3.22. The van der Waals surface area contributed by atoms with E-state index in [1.807, 2.05) is 29.2 Å². The van der Waals surface area contributed by atoms with Gasteiger partial charge in [-0.25, -0.2) is 9.37 Å². The van der Waals surface area contributed by atoms with Gasteiger partial charge in [0.2, 0.25) is 0 Å². The molecule has 146 valence electrons. The van der Waals surface area contributed by atoms with E-state index in [1.165, 1.54) is 6.07 Å². The van der Waals surface area contributed by atoms with Gasteiger partial charge in [0.25, 0.3) is 5.91 Å². The van der Waals surface area contributed by atoms with Gasteiger partial charge >= 0.3 is 0 Å². The van der Waals surface area contributed by atoms with E-state index in [-0.39, 0.29) is 17.6 Å². The van der Waals surface area contributed by atoms with Crippen molar-refractivity contribution in [3.8, 4) is 0 Å². The van der Waals surface area contributed by atoms with E-state index in [0.29, 0.717) is 35.4 Å². The Morgan fingerprint density at radius 3 is 2.71 bits per heavy atom. The molecule has 7 heteroatoms. The van der Waals surface area contributed by atoms with Crippen molar-refractivity contribution < 1.29 is 13.4 Å². The quantitative estimate of drug-likeness (QED) is 0.729. The maximum absolute atomic E-state index is 13.9. The van der Waals surface area contributed by atoms with Crippen LogP contribution in [0.2, 0.25) is 0 Å². The molecule has 1 saturated heterocycles. The van der Waals surface area contributed by atoms with Crippen molar-refractivity contribution in [1.82, 2.24) is 14.9 Å². The third-order valence-electron chi connectivity index (χ3n) is 5.19. The number of amides is 1. The Kier molecular flexibility index (Phi) is 5.26. The molecule has 1 aromatic heterocycles. The second-order valence-electron chi connectivity index (χ2n) is 7.24. The van der Waals surface area contributed by atoms with Crippen molar-refractivity contribution in [2.24, 2.45) is 0 Å². The molecule has 3 aromatic rings. The van der Waals surface area contributed by atoms with E-state index in [0.717, 1.165) is 24.2 Å². The van der Waals surface area contributed by atoms with Crippen LogP contribution in [-0.2, 0) is 16.6 Å². The molecule has 2 heterocycles. The number of H-pyrrole nitrogens is 1. The molecule has 5 nitrogen and oxygen atoms in total. The summed E-state index contributed by atoms with van der Waals surface area (Å²) in [4.78, 5) is 22.4. The van der Waals surface area contributed by atoms with Gasteiger partial charge in [-0.1, -0.05) is 18.2 Å². The van der Waals surface area contributed by atoms with E-state index in [4.69, 9.17) is 0 Å². The molecular formula is C21H22FN3O2S. The number of rotatable bonds is 4. The van der Waals surface area contributed by atoms with E-state index >= 15 is 0 Å². The van der Waals surface area contributed by atoms with Crippen molar-refractivity contribution in [3.05, 3.63) is 65.2 Å². The molecule has 28 heavy (non-hydrogen) atoms. The molecule has 4 rings (SSSR count). The van der Waals surface area contributed by atoms with Crippen molar-refractivity contribution in [2.45, 2.75) is 24.5 Å². The van der Waals surface area contributed by atoms with Gasteiger partial charge in [-0.3, -0.25) is 9.00 Å². The minimum Gasteiger partial charge on any atom is -0.342 e. The highest BCUT2D eigenvalue weighted by Crippen LogP contribution is 2.29. The fourth-order valence-corrected chi connectivity index (χ4v) is 4.43. The van der Waals surface area contributed by atoms with E-state index in [9.17, 15) is 13.4 Å². The molecule has 1 aliphatic heterocycles. The molecular weight excluding hydrogens is 377 g/mol. The average Bonchev–Trinajstić information content (AvgIpc) is 3.13. The van der Waals surface area contributed by atoms with Crippen LogP contribution >= 0.6 is 0 Å². The number of nitrogens with one attached hydrogen (secondary N) is 1. The predicted molar refractivity (Wildman–Crippen MR) is 108 cm³/mol. The van der Waals surface area contributed by atoms with Gasteiger partial charge in [0.15, 0.2) is 5.82 Å². The van der Waals surface area contributed by atoms with Crippen LogP contribution in [0.3, 0.4) is 0 Å². The summed E-state index contributed by atoms with van der Waals surface area (Å²) < 4.78 is 25.3. The van der Waals surface area contributed by atoms with Crippen LogP contribution in [0.25, 0.3) is 11.0 Å². The van der Waals surface area contributed by atoms with Crippen LogP contribution in [0.4, 0.5) is 4.39 Å². The fourth-order valence-electron chi connectivity index (χ4n) is 3.78. The number of hydrogen-bond acceptors (Lipinski definition) is 3. The monoisotopic (exact) mass is 399 g/mol. The lowest BCUT2D eigenvalue weighted by atomic mass is 9.95. The molecule has 0 radical (unpaired) electrons. The fraction of sp³-hybridized carbons (Fsp3) is 0.333. The Hall–Kier alpha value is -2.54. The Labute approximate surface area is 165 Å². The lowest BCUT2D eigenvalue weighted by molar-refractivity contribution is 0.0711. The second kappa shape index (κ2) is 7.83. The van der Waals surface area contributed by atoms with Gasteiger partial charge in [0, 0.05) is 47.4 Å². The molecule has 0 aliphatic carbocycles. The average molecular weight is 399 g/mol. The number of aromatic amines is 1. The number of imidazole rings is 1. The number of aromatic nitrogens is 2. The highest BCUT2D eigenvalue weighted by molar-refractivity contribution is 7.83. The molecule has 2 aromatic carbocycles. The van der Waals surface area contributed by atoms with Gasteiger partial charge < -0.3 is 9.88 Å². The maximum Gasteiger partial charge on any atom is 0.253 e. The molecule has 0 bridgehead atoms. The number of para-hydroxylation sites is 1. The van der Waals surface area contributed by atoms with Crippen LogP contribution in [0.5, 0.6) is 0 Å². The summed E-state index contributed by atoms with van der Waals surface area (Å²) in [7, 11) is -0.939. The zero-order valence-corrected chi connectivity index (χ0v) is 16.5. The third kappa shape index (κ3) is 3.85. The number of nitrogens with zero attached hydrogens (tertiary/aromatic N) is 2. The van der Waals surface area contributed by atoms with Gasteiger partial charge in [-0.15, -0.1) is 0 Å². The topological polar surface area (TPSA) is 66.1 Å². The highest BCUT2D eigenvalue weighted by Gasteiger charge is 2.26. The summed E-state index contributed by atoms with van der Waals surface area (Å²) in [6.45, 7) is 1.26. The van der Waals surface area contributed by atoms with Crippen molar-refractivity contribution >= 4 is 27.7 Å². The standard InChI is InChI=1S/C21H22FN3O2S/c1-28(27)13-14-4-2-5-16(12-14)21(26)25-10-8-15(9-11-25)20-23-18-7-3-6-17(22)19(18)24-20/h2-7,12,15H,8-11,13H2,1H3,(H,23,24). The van der Waals surface area contributed by atoms with Crippen LogP contribution in [-0.4, -0.2) is 44.3 Å². The zero-order valence-electron chi connectivity index (χ0n) is 15.7. The lowest BCUT2D eigenvalue weighted by Crippen LogP contribution is -2.38. The van der Waals surface area contributed by atoms with Crippen molar-refractivity contribution in [1.29, 1.82) is 0 Å². The summed E-state index contributed by atoms with van der Waals surface area (Å²) >= 11 is 0. The second-order valence-corrected chi connectivity index (χ2v) is 8.68. The first-order chi connectivity index (χ1) is 13.5. The Morgan fingerprint density at radius 2 is 2.00 bits per heavy atom. The molecule has 0 spiro atoms. The highest BCUT2D eigenvalue weighted by atomic mass is 32.2. The zero-order chi connectivity index (χ0) is 19.7. The molecule has 1 unspecified atom stereocenters. The number of piperidine rings is 1. The first-order valence-electron chi connectivity index (χ1n) is 9.33. The first-order valence-corrected chi connectivity index (χ1v) is 11.1. The van der Waals surface area contributed by atoms with E-state index in [2.05, 4.69) is 9.97 Å². The first kappa shape index (κ1) is 18.8. The molecule has 1 atom stereocenters. The van der Waals surface area contributed by atoms with E-state index in [1.54, 1.807) is 18.4 Å². The molecule has 1 amide bonds. The van der Waals surface area contributed by atoms with E-state index < -0.39 is 10.8 Å². The largest absolute Gasteiger partial charge is 0.342 e. The number of hydrogen-bond donors (Lipinski definition) is 1. The molecule has 1 fully saturated rings. The van der Waals surface area contributed by atoms with Gasteiger partial charge in [0.05, 0.1) is 5.52 Å². The van der Waals surface area contributed by atoms with Crippen LogP contribution in [0.15, 0.2) is 42.5 Å². The molecule has 0 saturated carbocycles. The van der Waals surface area contributed by atoms with Crippen molar-refractivity contribution in [3.63, 3.8) is 0 Å².